The van der Waals surface area contributed by atoms with Gasteiger partial charge in [-0.1, -0.05) is 48.9 Å². The number of hydrogen-bond acceptors (Lipinski definition) is 0. The first-order chi connectivity index (χ1) is 7.68. The lowest BCUT2D eigenvalue weighted by molar-refractivity contribution is 0.627. The van der Waals surface area contributed by atoms with E-state index in [9.17, 15) is 4.39 Å². The van der Waals surface area contributed by atoms with Gasteiger partial charge < -0.3 is 0 Å². The van der Waals surface area contributed by atoms with E-state index in [2.05, 4.69) is 32.1 Å². The summed E-state index contributed by atoms with van der Waals surface area (Å²) in [6.45, 7) is 4.30. The lowest BCUT2D eigenvalue weighted by Gasteiger charge is -2.11. The first kappa shape index (κ1) is 10.9. The Morgan fingerprint density at radius 3 is 2.44 bits per heavy atom. The second-order valence-corrected chi connectivity index (χ2v) is 4.14. The van der Waals surface area contributed by atoms with Crippen molar-refractivity contribution in [3.63, 3.8) is 0 Å². The third-order valence-electron chi connectivity index (χ3n) is 3.04. The normalized spacial score (nSPS) is 20.1. The lowest BCUT2D eigenvalue weighted by atomic mass is 9.93. The van der Waals surface area contributed by atoms with Gasteiger partial charge in [-0.15, -0.1) is 0 Å². The number of rotatable bonds is 1. The molecule has 0 heterocycles. The summed E-state index contributed by atoms with van der Waals surface area (Å²) in [5.74, 6) is 0.237. The third kappa shape index (κ3) is 2.13. The van der Waals surface area contributed by atoms with Gasteiger partial charge in [0.15, 0.2) is 0 Å². The Labute approximate surface area is 95.8 Å². The molecular weight excluding hydrogens is 199 g/mol. The molecule has 1 aliphatic carbocycles. The molecule has 0 saturated carbocycles. The number of hydrogen-bond donors (Lipinski definition) is 0. The van der Waals surface area contributed by atoms with Gasteiger partial charge in [0.05, 0.1) is 0 Å². The van der Waals surface area contributed by atoms with Crippen molar-refractivity contribution in [2.75, 3.05) is 0 Å². The molecule has 0 saturated heterocycles. The molecule has 0 bridgehead atoms. The Morgan fingerprint density at radius 1 is 1.06 bits per heavy atom. The molecule has 0 amide bonds. The van der Waals surface area contributed by atoms with Gasteiger partial charge in [-0.3, -0.25) is 0 Å². The smallest absolute Gasteiger partial charge is 0.123 e. The van der Waals surface area contributed by atoms with Crippen LogP contribution < -0.4 is 0 Å². The van der Waals surface area contributed by atoms with Crippen molar-refractivity contribution >= 4 is 5.57 Å². The fraction of sp³-hybridized carbons (Fsp3) is 0.200. The maximum absolute atomic E-state index is 12.9. The minimum atomic E-state index is -0.189. The molecular formula is C15H15F. The molecule has 1 aromatic rings. The van der Waals surface area contributed by atoms with E-state index in [1.165, 1.54) is 23.3 Å². The van der Waals surface area contributed by atoms with Crippen molar-refractivity contribution in [1.82, 2.24) is 0 Å². The van der Waals surface area contributed by atoms with Crippen LogP contribution in [0.15, 0.2) is 54.1 Å². The molecule has 0 aliphatic heterocycles. The van der Waals surface area contributed by atoms with Crippen LogP contribution in [-0.2, 0) is 0 Å². The molecule has 1 unspecified atom stereocenters. The number of allylic oxidation sites excluding steroid dienone is 6. The van der Waals surface area contributed by atoms with Gasteiger partial charge in [0.2, 0.25) is 0 Å². The summed E-state index contributed by atoms with van der Waals surface area (Å²) < 4.78 is 12.9. The van der Waals surface area contributed by atoms with E-state index in [4.69, 9.17) is 0 Å². The van der Waals surface area contributed by atoms with Gasteiger partial charge in [0, 0.05) is 0 Å². The van der Waals surface area contributed by atoms with Crippen molar-refractivity contribution in [2.45, 2.75) is 13.8 Å². The van der Waals surface area contributed by atoms with Gasteiger partial charge in [0.1, 0.15) is 5.82 Å². The van der Waals surface area contributed by atoms with Crippen molar-refractivity contribution in [2.24, 2.45) is 5.92 Å². The van der Waals surface area contributed by atoms with Crippen molar-refractivity contribution in [3.8, 4) is 0 Å². The van der Waals surface area contributed by atoms with Gasteiger partial charge in [-0.05, 0) is 36.1 Å². The van der Waals surface area contributed by atoms with Crippen LogP contribution in [-0.4, -0.2) is 0 Å². The number of benzene rings is 1. The van der Waals surface area contributed by atoms with Crippen molar-refractivity contribution < 1.29 is 4.39 Å². The van der Waals surface area contributed by atoms with Gasteiger partial charge >= 0.3 is 0 Å². The maximum Gasteiger partial charge on any atom is 0.123 e. The van der Waals surface area contributed by atoms with E-state index in [1.54, 1.807) is 0 Å². The fourth-order valence-electron chi connectivity index (χ4n) is 1.86. The van der Waals surface area contributed by atoms with E-state index < -0.39 is 0 Å². The quantitative estimate of drug-likeness (QED) is 0.651. The average Bonchev–Trinajstić information content (AvgIpc) is 2.44. The summed E-state index contributed by atoms with van der Waals surface area (Å²) >= 11 is 0. The Bertz CT molecular complexity index is 461. The fourth-order valence-corrected chi connectivity index (χ4v) is 1.86. The predicted molar refractivity (Wildman–Crippen MR) is 66.4 cm³/mol. The topological polar surface area (TPSA) is 0 Å². The molecule has 16 heavy (non-hydrogen) atoms. The van der Waals surface area contributed by atoms with Crippen LogP contribution in [0.3, 0.4) is 0 Å². The largest absolute Gasteiger partial charge is 0.207 e. The maximum atomic E-state index is 12.9. The molecule has 1 aromatic carbocycles. The molecule has 1 atom stereocenters. The Kier molecular flexibility index (Phi) is 3.04. The first-order valence-electron chi connectivity index (χ1n) is 5.50. The molecule has 0 N–H and O–H groups in total. The summed E-state index contributed by atoms with van der Waals surface area (Å²) in [6.07, 6.45) is 8.35. The zero-order valence-corrected chi connectivity index (χ0v) is 9.57. The summed E-state index contributed by atoms with van der Waals surface area (Å²) in [4.78, 5) is 0. The standard InChI is InChI=1S/C15H15F/c1-11-5-3-4-6-15(12(11)2)13-7-9-14(16)10-8-13/h3-11H,1-2H3. The minimum absolute atomic E-state index is 0.189. The highest BCUT2D eigenvalue weighted by Crippen LogP contribution is 2.27. The SMILES string of the molecule is CC1=C(c2ccc(F)cc2)C=CC=CC1C. The van der Waals surface area contributed by atoms with Crippen LogP contribution in [0, 0.1) is 11.7 Å². The van der Waals surface area contributed by atoms with Gasteiger partial charge in [0.25, 0.3) is 0 Å². The Balaban J connectivity index is 2.46. The van der Waals surface area contributed by atoms with E-state index in [0.717, 1.165) is 5.56 Å². The summed E-state index contributed by atoms with van der Waals surface area (Å²) in [5.41, 5.74) is 3.58. The van der Waals surface area contributed by atoms with E-state index in [-0.39, 0.29) is 5.82 Å². The lowest BCUT2D eigenvalue weighted by Crippen LogP contribution is -1.94. The Hall–Kier alpha value is -1.63. The van der Waals surface area contributed by atoms with Crippen LogP contribution in [0.5, 0.6) is 0 Å². The van der Waals surface area contributed by atoms with Crippen LogP contribution in [0.2, 0.25) is 0 Å². The average molecular weight is 214 g/mol. The Morgan fingerprint density at radius 2 is 1.75 bits per heavy atom. The van der Waals surface area contributed by atoms with E-state index in [0.29, 0.717) is 5.92 Å². The monoisotopic (exact) mass is 214 g/mol. The zero-order valence-electron chi connectivity index (χ0n) is 9.57. The van der Waals surface area contributed by atoms with Crippen LogP contribution >= 0.6 is 0 Å². The molecule has 0 radical (unpaired) electrons. The van der Waals surface area contributed by atoms with Crippen molar-refractivity contribution in [1.29, 1.82) is 0 Å². The molecule has 0 fully saturated rings. The molecule has 0 nitrogen and oxygen atoms in total. The second kappa shape index (κ2) is 4.48. The summed E-state index contributed by atoms with van der Waals surface area (Å²) in [6, 6.07) is 6.67. The summed E-state index contributed by atoms with van der Waals surface area (Å²) in [7, 11) is 0. The predicted octanol–water partition coefficient (Wildman–Crippen LogP) is 4.36. The van der Waals surface area contributed by atoms with Gasteiger partial charge in [-0.25, -0.2) is 4.39 Å². The summed E-state index contributed by atoms with van der Waals surface area (Å²) in [5, 5.41) is 0. The molecule has 1 heteroatoms. The number of halogens is 1. The zero-order chi connectivity index (χ0) is 11.5. The van der Waals surface area contributed by atoms with E-state index in [1.807, 2.05) is 18.2 Å². The second-order valence-electron chi connectivity index (χ2n) is 4.14. The highest BCUT2D eigenvalue weighted by atomic mass is 19.1. The highest BCUT2D eigenvalue weighted by Gasteiger charge is 2.09. The molecule has 1 aliphatic rings. The molecule has 0 aromatic heterocycles. The first-order valence-corrected chi connectivity index (χ1v) is 5.50. The van der Waals surface area contributed by atoms with E-state index >= 15 is 0 Å². The highest BCUT2D eigenvalue weighted by molar-refractivity contribution is 5.77. The minimum Gasteiger partial charge on any atom is -0.207 e. The molecule has 0 spiro atoms. The molecule has 82 valence electrons. The van der Waals surface area contributed by atoms with Crippen LogP contribution in [0.4, 0.5) is 4.39 Å². The molecule has 2 rings (SSSR count). The third-order valence-corrected chi connectivity index (χ3v) is 3.04. The van der Waals surface area contributed by atoms with Crippen molar-refractivity contribution in [3.05, 3.63) is 65.5 Å². The van der Waals surface area contributed by atoms with Crippen LogP contribution in [0.1, 0.15) is 19.4 Å². The van der Waals surface area contributed by atoms with Gasteiger partial charge in [-0.2, -0.15) is 0 Å². The van der Waals surface area contributed by atoms with Crippen LogP contribution in [0.25, 0.3) is 5.57 Å².